The number of carbonyl (C=O) groups is 4. The van der Waals surface area contributed by atoms with Gasteiger partial charge in [0.15, 0.2) is 11.6 Å². The summed E-state index contributed by atoms with van der Waals surface area (Å²) >= 11 is 0. The molecule has 11 nitrogen and oxygen atoms in total. The fraction of sp³-hybridized carbons (Fsp3) is 0.448. The van der Waals surface area contributed by atoms with Gasteiger partial charge < -0.3 is 30.9 Å². The van der Waals surface area contributed by atoms with Gasteiger partial charge >= 0.3 is 11.9 Å². The lowest BCUT2D eigenvalue weighted by Gasteiger charge is -2.29. The first-order chi connectivity index (χ1) is 20.4. The zero-order valence-electron chi connectivity index (χ0n) is 23.5. The van der Waals surface area contributed by atoms with Crippen LogP contribution in [0.15, 0.2) is 42.5 Å². The highest BCUT2D eigenvalue weighted by Crippen LogP contribution is 2.21. The van der Waals surface area contributed by atoms with Crippen LogP contribution in [0.1, 0.15) is 30.4 Å². The number of carbonyl (C=O) groups excluding carboxylic acids is 2. The first-order valence-corrected chi connectivity index (χ1v) is 13.6. The zero-order chi connectivity index (χ0) is 31.7. The zero-order valence-corrected chi connectivity index (χ0v) is 23.5. The molecule has 2 aromatic rings. The SMILES string of the molecule is COC[C@H](N[C@@H](CCc1ccccc1)C(=O)O)C(=O)N1C[C@@H](NC(=O)C[C@H](N)Cc2cc(F)c(F)cc2F)C[C@H]1C(=O)O. The Morgan fingerprint density at radius 3 is 2.35 bits per heavy atom. The summed E-state index contributed by atoms with van der Waals surface area (Å²) in [6, 6.07) is 4.87. The molecule has 6 N–H and O–H groups in total. The van der Waals surface area contributed by atoms with E-state index in [4.69, 9.17) is 10.5 Å². The number of methoxy groups -OCH3 is 1. The first kappa shape index (κ1) is 33.5. The third-order valence-corrected chi connectivity index (χ3v) is 7.15. The summed E-state index contributed by atoms with van der Waals surface area (Å²) in [5.41, 5.74) is 6.62. The minimum atomic E-state index is -1.35. The number of aryl methyl sites for hydroxylation is 1. The van der Waals surface area contributed by atoms with E-state index in [0.717, 1.165) is 10.5 Å². The number of benzene rings is 2. The van der Waals surface area contributed by atoms with Crippen LogP contribution in [0.3, 0.4) is 0 Å². The summed E-state index contributed by atoms with van der Waals surface area (Å²) < 4.78 is 45.7. The Labute approximate surface area is 246 Å². The van der Waals surface area contributed by atoms with Crippen LogP contribution in [0.2, 0.25) is 0 Å². The Morgan fingerprint density at radius 2 is 1.72 bits per heavy atom. The van der Waals surface area contributed by atoms with Crippen LogP contribution in [-0.2, 0) is 36.8 Å². The van der Waals surface area contributed by atoms with Crippen molar-refractivity contribution in [2.45, 2.75) is 62.3 Å². The molecule has 2 amide bonds. The van der Waals surface area contributed by atoms with Crippen molar-refractivity contribution >= 4 is 23.8 Å². The molecular formula is C29H35F3N4O7. The van der Waals surface area contributed by atoms with Crippen molar-refractivity contribution < 1.29 is 47.3 Å². The lowest BCUT2D eigenvalue weighted by atomic mass is 10.0. The molecule has 1 saturated heterocycles. The van der Waals surface area contributed by atoms with E-state index in [0.29, 0.717) is 18.6 Å². The van der Waals surface area contributed by atoms with Crippen molar-refractivity contribution in [1.29, 1.82) is 0 Å². The van der Waals surface area contributed by atoms with E-state index in [1.54, 1.807) is 0 Å². The Bertz CT molecular complexity index is 1300. The first-order valence-electron chi connectivity index (χ1n) is 13.6. The minimum absolute atomic E-state index is 0.129. The molecule has 0 spiro atoms. The fourth-order valence-electron chi connectivity index (χ4n) is 5.05. The summed E-state index contributed by atoms with van der Waals surface area (Å²) in [7, 11) is 1.32. The molecule has 1 heterocycles. The summed E-state index contributed by atoms with van der Waals surface area (Å²) in [5, 5.41) is 25.0. The van der Waals surface area contributed by atoms with Crippen LogP contribution in [0, 0.1) is 17.5 Å². The summed E-state index contributed by atoms with van der Waals surface area (Å²) in [4.78, 5) is 51.2. The number of rotatable bonds is 15. The second-order valence-electron chi connectivity index (χ2n) is 10.5. The number of hydrogen-bond acceptors (Lipinski definition) is 7. The molecule has 0 saturated carbocycles. The number of nitrogens with zero attached hydrogens (tertiary/aromatic N) is 1. The topological polar surface area (TPSA) is 171 Å². The van der Waals surface area contributed by atoms with Gasteiger partial charge in [-0.3, -0.25) is 19.7 Å². The minimum Gasteiger partial charge on any atom is -0.480 e. The Hall–Kier alpha value is -4.01. The number of carboxylic acid groups (broad SMARTS) is 2. The van der Waals surface area contributed by atoms with Crippen LogP contribution in [0.5, 0.6) is 0 Å². The number of nitrogens with one attached hydrogen (secondary N) is 2. The molecule has 0 bridgehead atoms. The van der Waals surface area contributed by atoms with Crippen LogP contribution in [0.4, 0.5) is 13.2 Å². The van der Waals surface area contributed by atoms with Gasteiger partial charge in [-0.25, -0.2) is 18.0 Å². The Morgan fingerprint density at radius 1 is 1.05 bits per heavy atom. The standard InChI is InChI=1S/C29H35F3N4O7/c1-43-15-24(35-23(28(39)40)8-7-16-5-3-2-4-6-16)27(38)36-14-19(12-25(36)29(41)42)34-26(37)11-18(33)9-17-10-21(31)22(32)13-20(17)30/h2-6,10,13,18-19,23-25,35H,7-9,11-12,14-15,33H2,1H3,(H,34,37)(H,39,40)(H,41,42)/t18-,19+,23+,24+,25+/m1/s1. The van der Waals surface area contributed by atoms with E-state index in [9.17, 15) is 42.6 Å². The number of nitrogens with two attached hydrogens (primary N) is 1. The van der Waals surface area contributed by atoms with Crippen LogP contribution < -0.4 is 16.4 Å². The van der Waals surface area contributed by atoms with E-state index in [1.165, 1.54) is 7.11 Å². The fourth-order valence-corrected chi connectivity index (χ4v) is 5.05. The van der Waals surface area contributed by atoms with Crippen molar-refractivity contribution in [3.8, 4) is 0 Å². The van der Waals surface area contributed by atoms with E-state index in [-0.39, 0.29) is 44.4 Å². The number of amides is 2. The molecule has 0 aliphatic carbocycles. The predicted molar refractivity (Wildman–Crippen MR) is 147 cm³/mol. The van der Waals surface area contributed by atoms with Gasteiger partial charge in [0.2, 0.25) is 11.8 Å². The summed E-state index contributed by atoms with van der Waals surface area (Å²) in [5.74, 6) is -7.44. The Kier molecular flexibility index (Phi) is 12.0. The van der Waals surface area contributed by atoms with Crippen molar-refractivity contribution in [3.05, 3.63) is 71.0 Å². The van der Waals surface area contributed by atoms with Crippen LogP contribution in [-0.4, -0.2) is 89.3 Å². The van der Waals surface area contributed by atoms with E-state index in [2.05, 4.69) is 10.6 Å². The predicted octanol–water partition coefficient (Wildman–Crippen LogP) is 1.22. The van der Waals surface area contributed by atoms with Crippen molar-refractivity contribution in [2.24, 2.45) is 5.73 Å². The van der Waals surface area contributed by atoms with Gasteiger partial charge in [-0.05, 0) is 36.5 Å². The smallest absolute Gasteiger partial charge is 0.326 e. The molecule has 5 atom stereocenters. The lowest BCUT2D eigenvalue weighted by Crippen LogP contribution is -2.56. The quantitative estimate of drug-likeness (QED) is 0.187. The number of ether oxygens (including phenoxy) is 1. The third kappa shape index (κ3) is 9.49. The molecule has 234 valence electrons. The second kappa shape index (κ2) is 15.5. The summed E-state index contributed by atoms with van der Waals surface area (Å²) in [6.45, 7) is -0.415. The maximum atomic E-state index is 14.0. The van der Waals surface area contributed by atoms with E-state index in [1.807, 2.05) is 30.3 Å². The number of aliphatic carboxylic acids is 2. The Balaban J connectivity index is 1.63. The number of hydrogen-bond donors (Lipinski definition) is 5. The van der Waals surface area contributed by atoms with E-state index >= 15 is 0 Å². The van der Waals surface area contributed by atoms with Crippen LogP contribution >= 0.6 is 0 Å². The highest BCUT2D eigenvalue weighted by molar-refractivity contribution is 5.89. The normalized spacial score (nSPS) is 18.6. The average Bonchev–Trinajstić information content (AvgIpc) is 3.37. The van der Waals surface area contributed by atoms with Crippen molar-refractivity contribution in [3.63, 3.8) is 0 Å². The molecule has 43 heavy (non-hydrogen) atoms. The molecule has 2 aromatic carbocycles. The van der Waals surface area contributed by atoms with Gasteiger partial charge in [0.05, 0.1) is 6.61 Å². The number of halogens is 3. The highest BCUT2D eigenvalue weighted by Gasteiger charge is 2.43. The monoisotopic (exact) mass is 608 g/mol. The number of likely N-dealkylation sites (tertiary alicyclic amines) is 1. The third-order valence-electron chi connectivity index (χ3n) is 7.15. The molecule has 0 unspecified atom stereocenters. The van der Waals surface area contributed by atoms with Gasteiger partial charge in [0, 0.05) is 44.6 Å². The maximum Gasteiger partial charge on any atom is 0.326 e. The maximum absolute atomic E-state index is 14.0. The molecule has 0 radical (unpaired) electrons. The molecule has 14 heteroatoms. The molecule has 1 fully saturated rings. The van der Waals surface area contributed by atoms with Gasteiger partial charge in [-0.15, -0.1) is 0 Å². The van der Waals surface area contributed by atoms with Crippen LogP contribution in [0.25, 0.3) is 0 Å². The van der Waals surface area contributed by atoms with Gasteiger partial charge in [0.25, 0.3) is 0 Å². The van der Waals surface area contributed by atoms with E-state index < -0.39 is 71.4 Å². The molecule has 1 aliphatic rings. The molecular weight excluding hydrogens is 573 g/mol. The average molecular weight is 609 g/mol. The molecule has 1 aliphatic heterocycles. The van der Waals surface area contributed by atoms with Gasteiger partial charge in [-0.1, -0.05) is 30.3 Å². The van der Waals surface area contributed by atoms with Crippen molar-refractivity contribution in [1.82, 2.24) is 15.5 Å². The highest BCUT2D eigenvalue weighted by atomic mass is 19.2. The van der Waals surface area contributed by atoms with Crippen molar-refractivity contribution in [2.75, 3.05) is 20.3 Å². The summed E-state index contributed by atoms with van der Waals surface area (Å²) in [6.07, 6.45) is -0.156. The second-order valence-corrected chi connectivity index (χ2v) is 10.5. The lowest BCUT2D eigenvalue weighted by molar-refractivity contribution is -0.150. The molecule has 0 aromatic heterocycles. The largest absolute Gasteiger partial charge is 0.480 e. The van der Waals surface area contributed by atoms with Gasteiger partial charge in [-0.2, -0.15) is 0 Å². The molecule has 3 rings (SSSR count). The van der Waals surface area contributed by atoms with Gasteiger partial charge in [0.1, 0.15) is 23.9 Å². The number of carboxylic acids is 2.